The molecule has 0 bridgehead atoms. The summed E-state index contributed by atoms with van der Waals surface area (Å²) in [5.41, 5.74) is 10.3. The number of likely N-dealkylation sites (tertiary alicyclic amines) is 1. The number of terminal acetylenes is 1. The molecule has 3 aliphatic rings. The van der Waals surface area contributed by atoms with E-state index in [1.165, 1.54) is 0 Å². The molecule has 3 saturated heterocycles. The van der Waals surface area contributed by atoms with E-state index in [2.05, 4.69) is 90.1 Å². The number of carbonyl (C=O) groups excluding carboxylic acids is 3. The van der Waals surface area contributed by atoms with Gasteiger partial charge in [0.05, 0.1) is 110 Å². The van der Waals surface area contributed by atoms with Crippen LogP contribution in [-0.4, -0.2) is 185 Å². The molecule has 3 fully saturated rings. The first-order chi connectivity index (χ1) is 54.6. The lowest BCUT2D eigenvalue weighted by Gasteiger charge is -2.39. The van der Waals surface area contributed by atoms with Crippen molar-refractivity contribution in [3.8, 4) is 111 Å². The second-order valence-corrected chi connectivity index (χ2v) is 26.8. The lowest BCUT2D eigenvalue weighted by Crippen LogP contribution is -2.49. The Morgan fingerprint density at radius 2 is 1.00 bits per heavy atom. The van der Waals surface area contributed by atoms with Crippen LogP contribution in [-0.2, 0) is 14.4 Å². The first-order valence-corrected chi connectivity index (χ1v) is 37.1. The zero-order valence-electron chi connectivity index (χ0n) is 63.1. The molecule has 1 unspecified atom stereocenters. The maximum Gasteiger partial charge on any atom is 0.298 e. The molecule has 26 nitrogen and oxygen atoms in total. The number of nitrogens with one attached hydrogen (secondary N) is 1. The van der Waals surface area contributed by atoms with E-state index < -0.39 is 6.10 Å². The summed E-state index contributed by atoms with van der Waals surface area (Å²) < 4.78 is 27.3. The second-order valence-electron chi connectivity index (χ2n) is 26.8. The molecule has 2 aromatic carbocycles. The Kier molecular flexibility index (Phi) is 25.5. The van der Waals surface area contributed by atoms with Crippen molar-refractivity contribution in [1.29, 1.82) is 15.8 Å². The van der Waals surface area contributed by atoms with Gasteiger partial charge in [0.25, 0.3) is 5.91 Å². The maximum atomic E-state index is 12.8. The zero-order chi connectivity index (χ0) is 78.5. The summed E-state index contributed by atoms with van der Waals surface area (Å²) in [5, 5.41) is 55.4. The van der Waals surface area contributed by atoms with E-state index in [0.29, 0.717) is 124 Å². The van der Waals surface area contributed by atoms with Crippen molar-refractivity contribution in [1.82, 2.24) is 58.5 Å². The van der Waals surface area contributed by atoms with Gasteiger partial charge in [-0.1, -0.05) is 47.9 Å². The summed E-state index contributed by atoms with van der Waals surface area (Å²) in [4.78, 5) is 60.9. The van der Waals surface area contributed by atoms with Crippen LogP contribution >= 0.6 is 0 Å². The fourth-order valence-corrected chi connectivity index (χ4v) is 13.5. The third-order valence-corrected chi connectivity index (χ3v) is 19.4. The lowest BCUT2D eigenvalue weighted by atomic mass is 9.89. The van der Waals surface area contributed by atoms with Gasteiger partial charge in [-0.15, -0.1) is 6.42 Å². The van der Waals surface area contributed by atoms with Crippen LogP contribution < -0.4 is 34.1 Å². The smallest absolute Gasteiger partial charge is 0.298 e. The highest BCUT2D eigenvalue weighted by Gasteiger charge is 2.32. The molecule has 26 heteroatoms. The predicted octanol–water partition coefficient (Wildman–Crippen LogP) is 10.8. The van der Waals surface area contributed by atoms with Crippen molar-refractivity contribution < 1.29 is 38.4 Å². The number of hydrogen-bond donors (Lipinski definition) is 2. The topological polar surface area (TPSA) is 299 Å². The summed E-state index contributed by atoms with van der Waals surface area (Å²) in [6.07, 6.45) is 22.6. The average molecular weight is 1500 g/mol. The molecular formula is C86H84N18O8. The fraction of sp³-hybridized carbons (Fsp3) is 0.302. The van der Waals surface area contributed by atoms with Gasteiger partial charge in [-0.2, -0.15) is 31.1 Å². The number of carbonyl (C=O) groups is 3. The van der Waals surface area contributed by atoms with Gasteiger partial charge < -0.3 is 53.9 Å². The fourth-order valence-electron chi connectivity index (χ4n) is 13.5. The summed E-state index contributed by atoms with van der Waals surface area (Å²) in [7, 11) is 1.60. The van der Waals surface area contributed by atoms with Crippen LogP contribution in [0.3, 0.4) is 0 Å². The van der Waals surface area contributed by atoms with E-state index in [1.807, 2.05) is 141 Å². The normalized spacial score (nSPS) is 13.9. The van der Waals surface area contributed by atoms with Crippen LogP contribution in [0.2, 0.25) is 0 Å². The number of amides is 3. The van der Waals surface area contributed by atoms with Crippen LogP contribution in [0.25, 0.3) is 49.9 Å². The number of piperidine rings is 1. The van der Waals surface area contributed by atoms with E-state index in [-0.39, 0.29) is 36.1 Å². The van der Waals surface area contributed by atoms with Crippen molar-refractivity contribution in [3.05, 3.63) is 193 Å². The zero-order valence-corrected chi connectivity index (χ0v) is 63.1. The van der Waals surface area contributed by atoms with Crippen LogP contribution in [0.15, 0.2) is 165 Å². The standard InChI is InChI=1S/C32H32N6O4.C30H28N6O2.C24H24N6O2/c1-3-42-28-18-29(32-25(19-33)21-35-38(32)22-28)24-10-11-30(34-20-24)36-12-14-37(15-13-36)31(40)17-26(39)8-4-6-23-7-5-9-27(16-23)41-2;1-2-38-26-18-27(30-25(19-31)21-33-36(30)22-26)24-12-13-28(32-20-24)34-14-16-35(17-15-34)29(37)11-7-6-10-23-8-4-3-5-9-23;1-4-22(31)29-10-8-24(3,9-11-29)28-21-7-6-17(14-26-21)20-12-19(32-5-2)16-30-23(20)18(13-25)15-27-30/h5,7,9-11,16,18,20-22,26,39H,3,8,12-15,17H2,1-2H3;3-5,8-9,12-13,18,20-22H,2,7,11,14-17H2,1H3;1,6-7,12,14-16H,5,8-11H2,2-3H3,(H,26,28). The number of aromatic nitrogens is 9. The molecule has 2 N–H and O–H groups in total. The van der Waals surface area contributed by atoms with E-state index in [1.54, 1.807) is 80.0 Å². The Balaban J connectivity index is 0.000000157. The lowest BCUT2D eigenvalue weighted by molar-refractivity contribution is -0.133. The molecule has 3 aliphatic heterocycles. The van der Waals surface area contributed by atoms with E-state index in [9.17, 15) is 35.3 Å². The molecule has 0 spiro atoms. The van der Waals surface area contributed by atoms with Crippen LogP contribution in [0.5, 0.6) is 23.0 Å². The summed E-state index contributed by atoms with van der Waals surface area (Å²) >= 11 is 0. The van der Waals surface area contributed by atoms with Crippen molar-refractivity contribution in [2.45, 2.75) is 77.9 Å². The maximum absolute atomic E-state index is 12.8. The molecule has 11 aromatic rings. The number of rotatable bonds is 19. The van der Waals surface area contributed by atoms with Crippen LogP contribution in [0.1, 0.15) is 94.0 Å². The number of methoxy groups -OCH3 is 1. The van der Waals surface area contributed by atoms with Crippen molar-refractivity contribution >= 4 is 51.7 Å². The molecule has 14 rings (SSSR count). The molecule has 1 atom stereocenters. The number of aliphatic hydroxyl groups is 1. The number of aliphatic hydroxyl groups excluding tert-OH is 1. The van der Waals surface area contributed by atoms with E-state index >= 15 is 0 Å². The minimum Gasteiger partial charge on any atom is -0.497 e. The number of hydrogen-bond acceptors (Lipinski definition) is 20. The summed E-state index contributed by atoms with van der Waals surface area (Å²) in [6.45, 7) is 15.8. The molecule has 9 aromatic heterocycles. The molecule has 3 amide bonds. The monoisotopic (exact) mass is 1500 g/mol. The third kappa shape index (κ3) is 19.0. The predicted molar refractivity (Wildman–Crippen MR) is 425 cm³/mol. The Hall–Kier alpha value is -13.9. The molecule has 12 heterocycles. The number of anilines is 3. The number of fused-ring (bicyclic) bond motifs is 3. The highest BCUT2D eigenvalue weighted by atomic mass is 16.5. The Morgan fingerprint density at radius 1 is 0.536 bits per heavy atom. The molecule has 0 saturated carbocycles. The van der Waals surface area contributed by atoms with E-state index in [0.717, 1.165) is 105 Å². The van der Waals surface area contributed by atoms with Gasteiger partial charge in [0, 0.05) is 153 Å². The molecule has 566 valence electrons. The highest BCUT2D eigenvalue weighted by Crippen LogP contribution is 2.36. The quantitative estimate of drug-likeness (QED) is 0.0711. The van der Waals surface area contributed by atoms with Gasteiger partial charge in [0.15, 0.2) is 0 Å². The minimum atomic E-state index is -0.826. The largest absolute Gasteiger partial charge is 0.497 e. The van der Waals surface area contributed by atoms with Gasteiger partial charge in [-0.3, -0.25) is 14.4 Å². The average Bonchev–Trinajstić information content (AvgIpc) is 1.71. The molecule has 112 heavy (non-hydrogen) atoms. The number of benzene rings is 2. The first kappa shape index (κ1) is 77.7. The van der Waals surface area contributed by atoms with Gasteiger partial charge in [-0.05, 0) is 131 Å². The number of pyridine rings is 6. The summed E-state index contributed by atoms with van der Waals surface area (Å²) in [5.74, 6) is 19.3. The Bertz CT molecular complexity index is 5470. The summed E-state index contributed by atoms with van der Waals surface area (Å²) in [6, 6.07) is 41.4. The van der Waals surface area contributed by atoms with Crippen molar-refractivity contribution in [2.24, 2.45) is 0 Å². The third-order valence-electron chi connectivity index (χ3n) is 19.4. The first-order valence-electron chi connectivity index (χ1n) is 37.1. The van der Waals surface area contributed by atoms with E-state index in [4.69, 9.17) is 35.3 Å². The van der Waals surface area contributed by atoms with Gasteiger partial charge in [-0.25, -0.2) is 28.5 Å². The van der Waals surface area contributed by atoms with Crippen molar-refractivity contribution in [2.75, 3.05) is 107 Å². The number of ether oxygens (including phenoxy) is 4. The van der Waals surface area contributed by atoms with Crippen LogP contribution in [0, 0.1) is 70.0 Å². The number of piperazine rings is 2. The molecule has 0 aliphatic carbocycles. The SMILES string of the molecule is C#CC(=O)N1CCC(C)(Nc2ccc(-c3cc(OCC)cn4ncc(C#N)c34)cn2)CC1.CCOc1cc(-c2ccc(N3CCN(C(=O)CC(O)CC#Cc4cccc(OC)c4)CC3)nc2)c2c(C#N)cnn2c1.CCOc1cc(-c2ccc(N3CCN(C(=O)CCC#Cc4ccccc4)CC3)nc2)c2c(C#N)cnn2c1. The molecule has 0 radical (unpaired) electrons. The molecular weight excluding hydrogens is 1410 g/mol. The Morgan fingerprint density at radius 3 is 1.44 bits per heavy atom. The second kappa shape index (κ2) is 36.8. The van der Waals surface area contributed by atoms with Gasteiger partial charge in [0.1, 0.15) is 58.7 Å². The number of nitriles is 3. The van der Waals surface area contributed by atoms with Crippen molar-refractivity contribution in [3.63, 3.8) is 0 Å². The van der Waals surface area contributed by atoms with Crippen LogP contribution in [0.4, 0.5) is 17.5 Å². The van der Waals surface area contributed by atoms with Gasteiger partial charge in [0.2, 0.25) is 11.8 Å². The highest BCUT2D eigenvalue weighted by molar-refractivity contribution is 5.93. The van der Waals surface area contributed by atoms with Gasteiger partial charge >= 0.3 is 0 Å². The Labute approximate surface area is 650 Å². The minimum absolute atomic E-state index is 0.0360. The number of nitrogens with zero attached hydrogens (tertiary/aromatic N) is 17.